The second kappa shape index (κ2) is 18.5. The maximum Gasteiger partial charge on any atom is 0.233 e. The van der Waals surface area contributed by atoms with Gasteiger partial charge in [0.25, 0.3) is 0 Å². The predicted molar refractivity (Wildman–Crippen MR) is 162 cm³/mol. The van der Waals surface area contributed by atoms with Crippen molar-refractivity contribution in [3.8, 4) is 17.3 Å². The molecule has 1 aliphatic rings. The summed E-state index contributed by atoms with van der Waals surface area (Å²) in [7, 11) is 0.764. The Morgan fingerprint density at radius 3 is 2.34 bits per heavy atom. The average molecular weight is 536 g/mol. The van der Waals surface area contributed by atoms with Crippen LogP contribution in [0.5, 0.6) is 5.88 Å². The summed E-state index contributed by atoms with van der Waals surface area (Å²) in [5, 5.41) is 10.1. The number of hydrogen-bond donors (Lipinski definition) is 0. The molecule has 0 saturated heterocycles. The van der Waals surface area contributed by atoms with Crippen LogP contribution in [-0.4, -0.2) is 31.3 Å². The first-order valence-corrected chi connectivity index (χ1v) is 17.0. The van der Waals surface area contributed by atoms with Gasteiger partial charge in [0.15, 0.2) is 0 Å². The van der Waals surface area contributed by atoms with Crippen LogP contribution >= 0.6 is 0 Å². The lowest BCUT2D eigenvalue weighted by Crippen LogP contribution is -2.18. The maximum absolute atomic E-state index is 5.84. The number of hydrogen-bond acceptors (Lipinski definition) is 4. The van der Waals surface area contributed by atoms with Crippen molar-refractivity contribution < 1.29 is 4.74 Å². The van der Waals surface area contributed by atoms with Crippen molar-refractivity contribution in [3.63, 3.8) is 0 Å². The van der Waals surface area contributed by atoms with Gasteiger partial charge in [-0.2, -0.15) is 0 Å². The molecule has 2 aromatic heterocycles. The third-order valence-electron chi connectivity index (χ3n) is 8.03. The van der Waals surface area contributed by atoms with E-state index < -0.39 is 0 Å². The van der Waals surface area contributed by atoms with E-state index in [0.29, 0.717) is 5.88 Å². The third-order valence-corrected chi connectivity index (χ3v) is 9.42. The van der Waals surface area contributed by atoms with Crippen molar-refractivity contribution in [3.05, 3.63) is 30.5 Å². The summed E-state index contributed by atoms with van der Waals surface area (Å²) in [4.78, 5) is 4.66. The van der Waals surface area contributed by atoms with Crippen LogP contribution in [0, 0.1) is 17.8 Å². The number of unbranched alkanes of at least 4 members (excludes halogenated alkanes) is 5. The van der Waals surface area contributed by atoms with Gasteiger partial charge in [-0.25, -0.2) is 0 Å². The molecule has 2 radical (unpaired) electrons. The molecule has 2 unspecified atom stereocenters. The van der Waals surface area contributed by atoms with E-state index in [9.17, 15) is 0 Å². The smallest absolute Gasteiger partial charge is 0.233 e. The summed E-state index contributed by atoms with van der Waals surface area (Å²) in [6.45, 7) is 7.90. The number of pyridine rings is 1. The number of aromatic nitrogens is 3. The van der Waals surface area contributed by atoms with Crippen molar-refractivity contribution in [1.29, 1.82) is 0 Å². The van der Waals surface area contributed by atoms with Crippen molar-refractivity contribution in [2.24, 2.45) is 17.8 Å². The fraction of sp³-hybridized carbons (Fsp3) is 0.727. The first-order chi connectivity index (χ1) is 18.7. The van der Waals surface area contributed by atoms with Crippen LogP contribution in [0.3, 0.4) is 0 Å². The Bertz CT molecular complexity index is 871. The molecule has 0 N–H and O–H groups in total. The summed E-state index contributed by atoms with van der Waals surface area (Å²) in [6, 6.07) is 9.44. The second-order valence-electron chi connectivity index (χ2n) is 11.9. The lowest BCUT2D eigenvalue weighted by molar-refractivity contribution is 0.290. The van der Waals surface area contributed by atoms with Crippen LogP contribution in [0.2, 0.25) is 6.04 Å². The minimum Gasteiger partial charge on any atom is -0.477 e. The molecule has 0 aliphatic heterocycles. The zero-order chi connectivity index (χ0) is 26.8. The Labute approximate surface area is 236 Å². The molecule has 0 bridgehead atoms. The Kier molecular flexibility index (Phi) is 15.0. The van der Waals surface area contributed by atoms with E-state index in [2.05, 4.69) is 42.0 Å². The van der Waals surface area contributed by atoms with E-state index in [1.807, 2.05) is 24.4 Å². The van der Waals surface area contributed by atoms with Gasteiger partial charge in [-0.3, -0.25) is 4.98 Å². The van der Waals surface area contributed by atoms with Gasteiger partial charge < -0.3 is 4.74 Å². The number of nitrogens with zero attached hydrogens (tertiary/aromatic N) is 3. The van der Waals surface area contributed by atoms with E-state index in [0.717, 1.165) is 51.7 Å². The molecule has 1 aliphatic carbocycles. The molecule has 2 aromatic rings. The normalized spacial score (nSPS) is 14.9. The van der Waals surface area contributed by atoms with Crippen molar-refractivity contribution in [2.45, 2.75) is 130 Å². The van der Waals surface area contributed by atoms with E-state index in [1.165, 1.54) is 108 Å². The standard InChI is InChI=1S/C33H53N3OSi/c1-4-5-8-14-27(2)15-11-16-28(3)17-13-26-38-31-19-12-24-34-33(31)30-22-23-32(36-35-30)37-25-10-7-6-9-18-29-20-21-29/h12,19,22-24,27-29H,4-11,13-18,20-21,25-26H2,1-3H3. The van der Waals surface area contributed by atoms with E-state index in [4.69, 9.17) is 4.74 Å². The molecular weight excluding hydrogens is 482 g/mol. The van der Waals surface area contributed by atoms with Gasteiger partial charge in [0, 0.05) is 12.3 Å². The minimum atomic E-state index is 0.621. The molecule has 3 rings (SSSR count). The summed E-state index contributed by atoms with van der Waals surface area (Å²) in [5.41, 5.74) is 1.83. The van der Waals surface area contributed by atoms with Gasteiger partial charge in [-0.1, -0.05) is 129 Å². The molecule has 5 heteroatoms. The summed E-state index contributed by atoms with van der Waals surface area (Å²) in [5.74, 6) is 3.40. The highest BCUT2D eigenvalue weighted by Gasteiger charge is 2.19. The monoisotopic (exact) mass is 535 g/mol. The quantitative estimate of drug-likeness (QED) is 0.112. The molecule has 38 heavy (non-hydrogen) atoms. The van der Waals surface area contributed by atoms with Gasteiger partial charge in [0.05, 0.1) is 21.8 Å². The molecule has 2 atom stereocenters. The molecule has 0 amide bonds. The van der Waals surface area contributed by atoms with Crippen LogP contribution in [-0.2, 0) is 0 Å². The van der Waals surface area contributed by atoms with Crippen LogP contribution in [0.15, 0.2) is 30.5 Å². The largest absolute Gasteiger partial charge is 0.477 e. The van der Waals surface area contributed by atoms with Crippen molar-refractivity contribution in [2.75, 3.05) is 6.61 Å². The fourth-order valence-corrected chi connectivity index (χ4v) is 6.49. The first kappa shape index (κ1) is 30.8. The van der Waals surface area contributed by atoms with Crippen molar-refractivity contribution in [1.82, 2.24) is 15.2 Å². The van der Waals surface area contributed by atoms with E-state index >= 15 is 0 Å². The highest BCUT2D eigenvalue weighted by Crippen LogP contribution is 2.34. The maximum atomic E-state index is 5.84. The minimum absolute atomic E-state index is 0.621. The topological polar surface area (TPSA) is 47.9 Å². The zero-order valence-electron chi connectivity index (χ0n) is 24.6. The number of rotatable bonds is 22. The van der Waals surface area contributed by atoms with E-state index in [1.54, 1.807) is 0 Å². The van der Waals surface area contributed by atoms with E-state index in [-0.39, 0.29) is 0 Å². The summed E-state index contributed by atoms with van der Waals surface area (Å²) >= 11 is 0. The van der Waals surface area contributed by atoms with Gasteiger partial charge in [0.1, 0.15) is 5.69 Å². The second-order valence-corrected chi connectivity index (χ2v) is 13.2. The molecule has 0 aromatic carbocycles. The summed E-state index contributed by atoms with van der Waals surface area (Å²) < 4.78 is 5.84. The lowest BCUT2D eigenvalue weighted by atomic mass is 9.93. The molecule has 4 nitrogen and oxygen atoms in total. The van der Waals surface area contributed by atoms with Crippen molar-refractivity contribution >= 4 is 14.7 Å². The van der Waals surface area contributed by atoms with Gasteiger partial charge in [0.2, 0.25) is 5.88 Å². The molecular formula is C33H53N3OSi. The molecule has 2 heterocycles. The van der Waals surface area contributed by atoms with Gasteiger partial charge in [-0.15, -0.1) is 10.2 Å². The first-order valence-electron chi connectivity index (χ1n) is 15.8. The Morgan fingerprint density at radius 1 is 0.842 bits per heavy atom. The van der Waals surface area contributed by atoms with Crippen LogP contribution in [0.1, 0.15) is 124 Å². The Morgan fingerprint density at radius 2 is 1.61 bits per heavy atom. The Hall–Kier alpha value is -1.75. The van der Waals surface area contributed by atoms with Crippen LogP contribution < -0.4 is 9.92 Å². The van der Waals surface area contributed by atoms with Gasteiger partial charge >= 0.3 is 0 Å². The highest BCUT2D eigenvalue weighted by molar-refractivity contribution is 6.55. The fourth-order valence-electron chi connectivity index (χ4n) is 5.27. The summed E-state index contributed by atoms with van der Waals surface area (Å²) in [6.07, 6.45) is 23.6. The molecule has 1 saturated carbocycles. The molecule has 1 fully saturated rings. The predicted octanol–water partition coefficient (Wildman–Crippen LogP) is 8.83. The molecule has 210 valence electrons. The lowest BCUT2D eigenvalue weighted by Gasteiger charge is -2.14. The third kappa shape index (κ3) is 12.9. The van der Waals surface area contributed by atoms with Gasteiger partial charge in [-0.05, 0) is 41.5 Å². The molecule has 0 spiro atoms. The zero-order valence-corrected chi connectivity index (χ0v) is 25.6. The SMILES string of the molecule is CCCCCC(C)CCCC(C)CCC[Si]c1cccnc1-c1ccc(OCCCCCCC2CC2)nn1. The average Bonchev–Trinajstić information content (AvgIpc) is 3.76. The van der Waals surface area contributed by atoms with Crippen LogP contribution in [0.25, 0.3) is 11.4 Å². The number of ether oxygens (including phenoxy) is 1. The Balaban J connectivity index is 1.31. The highest BCUT2D eigenvalue weighted by atomic mass is 28.2. The van der Waals surface area contributed by atoms with Crippen LogP contribution in [0.4, 0.5) is 0 Å².